The van der Waals surface area contributed by atoms with Crippen molar-refractivity contribution in [2.45, 2.75) is 37.1 Å². The maximum atomic E-state index is 12.0. The van der Waals surface area contributed by atoms with Crippen molar-refractivity contribution in [1.82, 2.24) is 4.72 Å². The highest BCUT2D eigenvalue weighted by atomic mass is 79.9. The maximum Gasteiger partial charge on any atom is 0.241 e. The van der Waals surface area contributed by atoms with Gasteiger partial charge in [-0.1, -0.05) is 35.7 Å². The molecule has 0 aliphatic rings. The minimum atomic E-state index is -3.84. The molecule has 106 valence electrons. The molecule has 0 amide bonds. The molecule has 19 heavy (non-hydrogen) atoms. The molecule has 1 aromatic rings. The smallest absolute Gasteiger partial charge is 0.241 e. The third-order valence-corrected chi connectivity index (χ3v) is 4.57. The van der Waals surface area contributed by atoms with E-state index in [0.717, 1.165) is 10.9 Å². The first-order chi connectivity index (χ1) is 8.86. The fourth-order valence-corrected chi connectivity index (χ4v) is 2.99. The molecule has 0 bridgehead atoms. The van der Waals surface area contributed by atoms with Crippen LogP contribution in [0.5, 0.6) is 0 Å². The van der Waals surface area contributed by atoms with E-state index in [2.05, 4.69) is 20.7 Å². The molecule has 0 spiro atoms. The minimum Gasteiger partial charge on any atom is -0.548 e. The van der Waals surface area contributed by atoms with Crippen LogP contribution in [-0.4, -0.2) is 20.4 Å². The van der Waals surface area contributed by atoms with Gasteiger partial charge in [0.05, 0.1) is 16.9 Å². The second kappa shape index (κ2) is 7.02. The summed E-state index contributed by atoms with van der Waals surface area (Å²) in [7, 11) is -3.84. The number of halogens is 1. The highest BCUT2D eigenvalue weighted by Gasteiger charge is 2.20. The molecule has 0 saturated heterocycles. The molecule has 0 aliphatic carbocycles. The lowest BCUT2D eigenvalue weighted by molar-refractivity contribution is -0.308. The molecule has 0 fully saturated rings. The Balaban J connectivity index is 2.87. The van der Waals surface area contributed by atoms with Crippen LogP contribution in [-0.2, 0) is 14.8 Å². The van der Waals surface area contributed by atoms with Gasteiger partial charge in [-0.15, -0.1) is 0 Å². The van der Waals surface area contributed by atoms with Gasteiger partial charge in [0.1, 0.15) is 0 Å². The van der Waals surface area contributed by atoms with Gasteiger partial charge in [0.2, 0.25) is 10.0 Å². The van der Waals surface area contributed by atoms with Gasteiger partial charge in [-0.3, -0.25) is 0 Å². The first kappa shape index (κ1) is 16.1. The van der Waals surface area contributed by atoms with Gasteiger partial charge in [-0.05, 0) is 30.7 Å². The highest BCUT2D eigenvalue weighted by Crippen LogP contribution is 2.15. The van der Waals surface area contributed by atoms with Crippen molar-refractivity contribution in [3.63, 3.8) is 0 Å². The molecule has 0 heterocycles. The molecule has 0 saturated carbocycles. The Morgan fingerprint density at radius 2 is 1.95 bits per heavy atom. The van der Waals surface area contributed by atoms with E-state index in [-0.39, 0.29) is 11.3 Å². The van der Waals surface area contributed by atoms with Crippen molar-refractivity contribution < 1.29 is 18.3 Å². The standard InChI is InChI=1S/C12H16BrNO4S/c1-2-3-4-11(12(15)16)14-19(17,18)10-7-5-9(13)6-8-10/h5-8,11,14H,2-4H2,1H3,(H,15,16)/p-1/t11-/m0/s1. The second-order valence-corrected chi connectivity index (χ2v) is 6.72. The fourth-order valence-electron chi connectivity index (χ4n) is 1.50. The Morgan fingerprint density at radius 3 is 2.42 bits per heavy atom. The number of hydrogen-bond acceptors (Lipinski definition) is 4. The molecule has 0 radical (unpaired) electrons. The maximum absolute atomic E-state index is 12.0. The zero-order valence-corrected chi connectivity index (χ0v) is 12.8. The van der Waals surface area contributed by atoms with Crippen molar-refractivity contribution in [1.29, 1.82) is 0 Å². The van der Waals surface area contributed by atoms with Crippen LogP contribution >= 0.6 is 15.9 Å². The first-order valence-electron chi connectivity index (χ1n) is 5.85. The fraction of sp³-hybridized carbons (Fsp3) is 0.417. The van der Waals surface area contributed by atoms with Crippen LogP contribution in [0, 0.1) is 0 Å². The van der Waals surface area contributed by atoms with E-state index in [1.165, 1.54) is 12.1 Å². The first-order valence-corrected chi connectivity index (χ1v) is 8.13. The van der Waals surface area contributed by atoms with Crippen molar-refractivity contribution in [2.75, 3.05) is 0 Å². The normalized spacial score (nSPS) is 13.2. The summed E-state index contributed by atoms with van der Waals surface area (Å²) in [6.07, 6.45) is 1.61. The Labute approximate surface area is 121 Å². The summed E-state index contributed by atoms with van der Waals surface area (Å²) in [5.74, 6) is -1.41. The quantitative estimate of drug-likeness (QED) is 0.797. The van der Waals surface area contributed by atoms with E-state index in [1.54, 1.807) is 12.1 Å². The lowest BCUT2D eigenvalue weighted by Gasteiger charge is -2.19. The number of benzene rings is 1. The van der Waals surface area contributed by atoms with Gasteiger partial charge >= 0.3 is 0 Å². The molecule has 0 aromatic heterocycles. The Hall–Kier alpha value is -0.920. The summed E-state index contributed by atoms with van der Waals surface area (Å²) in [5, 5.41) is 10.9. The van der Waals surface area contributed by atoms with Crippen LogP contribution in [0.1, 0.15) is 26.2 Å². The van der Waals surface area contributed by atoms with Crippen molar-refractivity contribution >= 4 is 31.9 Å². The number of rotatable bonds is 7. The van der Waals surface area contributed by atoms with E-state index in [9.17, 15) is 18.3 Å². The van der Waals surface area contributed by atoms with E-state index >= 15 is 0 Å². The predicted octanol–water partition coefficient (Wildman–Crippen LogP) is 1.04. The Bertz CT molecular complexity index is 527. The summed E-state index contributed by atoms with van der Waals surface area (Å²) >= 11 is 3.20. The summed E-state index contributed by atoms with van der Waals surface area (Å²) in [5.41, 5.74) is 0. The summed E-state index contributed by atoms with van der Waals surface area (Å²) in [6, 6.07) is 4.76. The number of carbonyl (C=O) groups excluding carboxylic acids is 1. The number of carboxylic acids is 1. The van der Waals surface area contributed by atoms with Crippen LogP contribution < -0.4 is 9.83 Å². The lowest BCUT2D eigenvalue weighted by atomic mass is 10.1. The number of carboxylic acid groups (broad SMARTS) is 1. The van der Waals surface area contributed by atoms with E-state index in [1.807, 2.05) is 6.92 Å². The molecule has 0 unspecified atom stereocenters. The second-order valence-electron chi connectivity index (χ2n) is 4.09. The average Bonchev–Trinajstić information content (AvgIpc) is 2.34. The Morgan fingerprint density at radius 1 is 1.37 bits per heavy atom. The molecular weight excluding hydrogens is 334 g/mol. The van der Waals surface area contributed by atoms with Gasteiger partial charge in [-0.2, -0.15) is 0 Å². The van der Waals surface area contributed by atoms with E-state index in [0.29, 0.717) is 6.42 Å². The van der Waals surface area contributed by atoms with Crippen LogP contribution in [0.4, 0.5) is 0 Å². The van der Waals surface area contributed by atoms with Crippen molar-refractivity contribution in [3.8, 4) is 0 Å². The van der Waals surface area contributed by atoms with Crippen molar-refractivity contribution in [3.05, 3.63) is 28.7 Å². The monoisotopic (exact) mass is 348 g/mol. The SMILES string of the molecule is CCCC[C@H](NS(=O)(=O)c1ccc(Br)cc1)C(=O)[O-]. The van der Waals surface area contributed by atoms with Crippen LogP contribution in [0.2, 0.25) is 0 Å². The van der Waals surface area contributed by atoms with Gasteiger partial charge in [0, 0.05) is 4.47 Å². The molecule has 1 rings (SSSR count). The number of nitrogens with one attached hydrogen (secondary N) is 1. The van der Waals surface area contributed by atoms with E-state index in [4.69, 9.17) is 0 Å². The Kier molecular flexibility index (Phi) is 5.96. The number of unbranched alkanes of at least 4 members (excludes halogenated alkanes) is 1. The molecule has 1 atom stereocenters. The summed E-state index contributed by atoms with van der Waals surface area (Å²) in [6.45, 7) is 1.90. The van der Waals surface area contributed by atoms with Crippen molar-refractivity contribution in [2.24, 2.45) is 0 Å². The number of aliphatic carboxylic acids is 1. The largest absolute Gasteiger partial charge is 0.548 e. The third kappa shape index (κ3) is 4.93. The van der Waals surface area contributed by atoms with Gasteiger partial charge < -0.3 is 9.90 Å². The van der Waals surface area contributed by atoms with Gasteiger partial charge in [-0.25, -0.2) is 13.1 Å². The molecular formula is C12H15BrNO4S-. The topological polar surface area (TPSA) is 86.3 Å². The lowest BCUT2D eigenvalue weighted by Crippen LogP contribution is -2.47. The van der Waals surface area contributed by atoms with Gasteiger partial charge in [0.15, 0.2) is 0 Å². The number of carbonyl (C=O) groups is 1. The number of sulfonamides is 1. The average molecular weight is 349 g/mol. The van der Waals surface area contributed by atoms with Gasteiger partial charge in [0.25, 0.3) is 0 Å². The third-order valence-electron chi connectivity index (χ3n) is 2.55. The zero-order valence-electron chi connectivity index (χ0n) is 10.4. The highest BCUT2D eigenvalue weighted by molar-refractivity contribution is 9.10. The van der Waals surface area contributed by atoms with Crippen LogP contribution in [0.25, 0.3) is 0 Å². The van der Waals surface area contributed by atoms with Crippen LogP contribution in [0.15, 0.2) is 33.6 Å². The summed E-state index contributed by atoms with van der Waals surface area (Å²) < 4.78 is 26.9. The molecule has 1 N–H and O–H groups in total. The molecule has 0 aliphatic heterocycles. The van der Waals surface area contributed by atoms with E-state index < -0.39 is 22.0 Å². The summed E-state index contributed by atoms with van der Waals surface area (Å²) in [4.78, 5) is 10.9. The van der Waals surface area contributed by atoms with Crippen LogP contribution in [0.3, 0.4) is 0 Å². The zero-order chi connectivity index (χ0) is 14.5. The molecule has 5 nitrogen and oxygen atoms in total. The number of hydrogen-bond donors (Lipinski definition) is 1. The minimum absolute atomic E-state index is 0.0263. The predicted molar refractivity (Wildman–Crippen MR) is 72.8 cm³/mol. The molecule has 7 heteroatoms. The molecule has 1 aromatic carbocycles.